The third-order valence-corrected chi connectivity index (χ3v) is 6.38. The van der Waals surface area contributed by atoms with Crippen molar-refractivity contribution in [1.82, 2.24) is 29.7 Å². The predicted molar refractivity (Wildman–Crippen MR) is 121 cm³/mol. The molecule has 0 bridgehead atoms. The van der Waals surface area contributed by atoms with Gasteiger partial charge in [-0.1, -0.05) is 12.1 Å². The topological polar surface area (TPSA) is 104 Å². The van der Waals surface area contributed by atoms with Crippen LogP contribution in [-0.4, -0.2) is 62.4 Å². The first-order valence-electron chi connectivity index (χ1n) is 11.1. The fraction of sp³-hybridized carbons (Fsp3) is 0.375. The SMILES string of the molecule is COc1ccc(CN2CCc3c(nc(C4CCN(C(=O)c5cnccn5)C4)[nH]c3=O)C2)cc1. The van der Waals surface area contributed by atoms with Gasteiger partial charge in [-0.15, -0.1) is 0 Å². The van der Waals surface area contributed by atoms with Crippen LogP contribution in [0.5, 0.6) is 5.75 Å². The molecule has 33 heavy (non-hydrogen) atoms. The smallest absolute Gasteiger partial charge is 0.274 e. The highest BCUT2D eigenvalue weighted by atomic mass is 16.5. The fourth-order valence-electron chi connectivity index (χ4n) is 4.57. The molecule has 1 unspecified atom stereocenters. The Morgan fingerprint density at radius 2 is 2.06 bits per heavy atom. The van der Waals surface area contributed by atoms with E-state index in [2.05, 4.69) is 32.0 Å². The number of H-pyrrole nitrogens is 1. The fourth-order valence-corrected chi connectivity index (χ4v) is 4.57. The molecule has 5 rings (SSSR count). The zero-order chi connectivity index (χ0) is 22.8. The molecular formula is C24H26N6O3. The molecule has 0 radical (unpaired) electrons. The third kappa shape index (κ3) is 4.49. The second-order valence-corrected chi connectivity index (χ2v) is 8.51. The normalized spacial score (nSPS) is 18.2. The number of benzene rings is 1. The summed E-state index contributed by atoms with van der Waals surface area (Å²) in [6.45, 7) is 3.34. The molecule has 1 N–H and O–H groups in total. The number of aromatic amines is 1. The minimum atomic E-state index is -0.142. The standard InChI is InChI=1S/C24H26N6O3/c1-33-18-4-2-16(3-5-18)13-29-10-7-19-21(15-29)27-22(28-23(19)31)17-6-11-30(14-17)24(32)20-12-25-8-9-26-20/h2-5,8-9,12,17H,6-7,10-11,13-15H2,1H3,(H,27,28,31). The summed E-state index contributed by atoms with van der Waals surface area (Å²) < 4.78 is 5.24. The molecule has 9 heteroatoms. The van der Waals surface area contributed by atoms with Gasteiger partial charge >= 0.3 is 0 Å². The minimum absolute atomic E-state index is 0.000543. The molecular weight excluding hydrogens is 420 g/mol. The maximum atomic E-state index is 12.8. The maximum absolute atomic E-state index is 12.8. The quantitative estimate of drug-likeness (QED) is 0.637. The summed E-state index contributed by atoms with van der Waals surface area (Å²) in [5, 5.41) is 0. The number of likely N-dealkylation sites (tertiary alicyclic amines) is 1. The van der Waals surface area contributed by atoms with Crippen LogP contribution in [0.1, 0.15) is 45.5 Å². The summed E-state index contributed by atoms with van der Waals surface area (Å²) in [5.74, 6) is 1.36. The number of hydrogen-bond donors (Lipinski definition) is 1. The number of nitrogens with one attached hydrogen (secondary N) is 1. The number of carbonyl (C=O) groups is 1. The van der Waals surface area contributed by atoms with Gasteiger partial charge in [-0.05, 0) is 30.5 Å². The molecule has 3 aromatic rings. The Morgan fingerprint density at radius 1 is 1.21 bits per heavy atom. The number of aromatic nitrogens is 4. The molecule has 4 heterocycles. The minimum Gasteiger partial charge on any atom is -0.497 e. The van der Waals surface area contributed by atoms with Crippen molar-refractivity contribution in [3.8, 4) is 5.75 Å². The van der Waals surface area contributed by atoms with Gasteiger partial charge in [0, 0.05) is 56.6 Å². The summed E-state index contributed by atoms with van der Waals surface area (Å²) in [7, 11) is 1.66. The Bertz CT molecular complexity index is 1200. The van der Waals surface area contributed by atoms with Crippen LogP contribution in [0.3, 0.4) is 0 Å². The zero-order valence-corrected chi connectivity index (χ0v) is 18.5. The highest BCUT2D eigenvalue weighted by Crippen LogP contribution is 2.27. The molecule has 2 aromatic heterocycles. The van der Waals surface area contributed by atoms with E-state index < -0.39 is 0 Å². The Kier molecular flexibility index (Phi) is 5.87. The lowest BCUT2D eigenvalue weighted by atomic mass is 10.0. The van der Waals surface area contributed by atoms with Gasteiger partial charge in [0.2, 0.25) is 0 Å². The number of ether oxygens (including phenoxy) is 1. The summed E-state index contributed by atoms with van der Waals surface area (Å²) in [6, 6.07) is 8.05. The monoisotopic (exact) mass is 446 g/mol. The average molecular weight is 447 g/mol. The second-order valence-electron chi connectivity index (χ2n) is 8.51. The first kappa shape index (κ1) is 21.3. The van der Waals surface area contributed by atoms with Crippen LogP contribution in [0.2, 0.25) is 0 Å². The van der Waals surface area contributed by atoms with Crippen molar-refractivity contribution in [3.63, 3.8) is 0 Å². The van der Waals surface area contributed by atoms with Crippen LogP contribution in [0, 0.1) is 0 Å². The molecule has 1 fully saturated rings. The lowest BCUT2D eigenvalue weighted by Crippen LogP contribution is -2.36. The Balaban J connectivity index is 1.29. The number of methoxy groups -OCH3 is 1. The van der Waals surface area contributed by atoms with Crippen molar-refractivity contribution in [3.05, 3.63) is 81.5 Å². The number of fused-ring (bicyclic) bond motifs is 1. The van der Waals surface area contributed by atoms with E-state index in [0.717, 1.165) is 36.5 Å². The van der Waals surface area contributed by atoms with Gasteiger partial charge in [0.1, 0.15) is 17.3 Å². The third-order valence-electron chi connectivity index (χ3n) is 6.38. The van der Waals surface area contributed by atoms with E-state index >= 15 is 0 Å². The Labute approximate surface area is 191 Å². The van der Waals surface area contributed by atoms with Crippen molar-refractivity contribution < 1.29 is 9.53 Å². The summed E-state index contributed by atoms with van der Waals surface area (Å²) in [6.07, 6.45) is 5.97. The molecule has 1 saturated heterocycles. The number of carbonyl (C=O) groups excluding carboxylic acids is 1. The Morgan fingerprint density at radius 3 is 2.82 bits per heavy atom. The van der Waals surface area contributed by atoms with Gasteiger partial charge in [-0.25, -0.2) is 9.97 Å². The Hall–Kier alpha value is -3.59. The second kappa shape index (κ2) is 9.11. The van der Waals surface area contributed by atoms with E-state index in [9.17, 15) is 9.59 Å². The first-order chi connectivity index (χ1) is 16.1. The summed E-state index contributed by atoms with van der Waals surface area (Å²) in [4.78, 5) is 45.5. The molecule has 1 atom stereocenters. The molecule has 1 aromatic carbocycles. The number of hydrogen-bond acceptors (Lipinski definition) is 7. The highest BCUT2D eigenvalue weighted by Gasteiger charge is 2.31. The van der Waals surface area contributed by atoms with E-state index in [4.69, 9.17) is 9.72 Å². The summed E-state index contributed by atoms with van der Waals surface area (Å²) >= 11 is 0. The van der Waals surface area contributed by atoms with Crippen LogP contribution in [0.4, 0.5) is 0 Å². The van der Waals surface area contributed by atoms with Crippen LogP contribution in [0.25, 0.3) is 0 Å². The van der Waals surface area contributed by atoms with Crippen LogP contribution >= 0.6 is 0 Å². The van der Waals surface area contributed by atoms with E-state index in [1.807, 2.05) is 12.1 Å². The van der Waals surface area contributed by atoms with Crippen LogP contribution < -0.4 is 10.3 Å². The number of nitrogens with zero attached hydrogens (tertiary/aromatic N) is 5. The van der Waals surface area contributed by atoms with Gasteiger partial charge in [0.05, 0.1) is 19.0 Å². The molecule has 2 aliphatic heterocycles. The lowest BCUT2D eigenvalue weighted by Gasteiger charge is -2.28. The largest absolute Gasteiger partial charge is 0.497 e. The van der Waals surface area contributed by atoms with E-state index in [-0.39, 0.29) is 17.4 Å². The maximum Gasteiger partial charge on any atom is 0.274 e. The first-order valence-corrected chi connectivity index (χ1v) is 11.1. The van der Waals surface area contributed by atoms with Crippen LogP contribution in [0.15, 0.2) is 47.7 Å². The predicted octanol–water partition coefficient (Wildman–Crippen LogP) is 1.76. The number of amides is 1. The molecule has 0 spiro atoms. The van der Waals surface area contributed by atoms with Crippen molar-refractivity contribution in [1.29, 1.82) is 0 Å². The van der Waals surface area contributed by atoms with Crippen molar-refractivity contribution in [2.75, 3.05) is 26.7 Å². The van der Waals surface area contributed by atoms with E-state index in [1.54, 1.807) is 18.2 Å². The highest BCUT2D eigenvalue weighted by molar-refractivity contribution is 5.92. The van der Waals surface area contributed by atoms with Gasteiger partial charge in [0.15, 0.2) is 0 Å². The molecule has 9 nitrogen and oxygen atoms in total. The lowest BCUT2D eigenvalue weighted by molar-refractivity contribution is 0.0784. The van der Waals surface area contributed by atoms with Crippen LogP contribution in [-0.2, 0) is 19.5 Å². The molecule has 1 amide bonds. The van der Waals surface area contributed by atoms with Crippen molar-refractivity contribution >= 4 is 5.91 Å². The average Bonchev–Trinajstić information content (AvgIpc) is 3.35. The van der Waals surface area contributed by atoms with Gasteiger partial charge < -0.3 is 14.6 Å². The molecule has 0 saturated carbocycles. The van der Waals surface area contributed by atoms with Crippen molar-refractivity contribution in [2.24, 2.45) is 0 Å². The van der Waals surface area contributed by atoms with E-state index in [1.165, 1.54) is 18.0 Å². The van der Waals surface area contributed by atoms with E-state index in [0.29, 0.717) is 37.6 Å². The molecule has 170 valence electrons. The number of rotatable bonds is 5. The van der Waals surface area contributed by atoms with Gasteiger partial charge in [-0.2, -0.15) is 0 Å². The van der Waals surface area contributed by atoms with Gasteiger partial charge in [-0.3, -0.25) is 19.5 Å². The van der Waals surface area contributed by atoms with Gasteiger partial charge in [0.25, 0.3) is 11.5 Å². The molecule has 2 aliphatic rings. The van der Waals surface area contributed by atoms with Crippen molar-refractivity contribution in [2.45, 2.75) is 31.8 Å². The summed E-state index contributed by atoms with van der Waals surface area (Å²) in [5.41, 5.74) is 3.08. The zero-order valence-electron chi connectivity index (χ0n) is 18.5. The molecule has 0 aliphatic carbocycles.